The third-order valence-corrected chi connectivity index (χ3v) is 3.52. The molecule has 0 heterocycles. The maximum absolute atomic E-state index is 11.3. The Kier molecular flexibility index (Phi) is 4.70. The van der Waals surface area contributed by atoms with E-state index in [0.29, 0.717) is 12.8 Å². The van der Waals surface area contributed by atoms with E-state index in [1.165, 1.54) is 0 Å². The van der Waals surface area contributed by atoms with Crippen LogP contribution >= 0.6 is 23.2 Å². The van der Waals surface area contributed by atoms with Crippen molar-refractivity contribution in [3.05, 3.63) is 48.6 Å². The number of carbonyl (C=O) groups is 1. The van der Waals surface area contributed by atoms with Gasteiger partial charge in [0.05, 0.1) is 0 Å². The highest BCUT2D eigenvalue weighted by Crippen LogP contribution is 2.33. The second-order valence-corrected chi connectivity index (χ2v) is 5.74. The van der Waals surface area contributed by atoms with E-state index in [9.17, 15) is 9.90 Å². The third-order valence-electron chi connectivity index (χ3n) is 2.78. The van der Waals surface area contributed by atoms with Gasteiger partial charge in [0.1, 0.15) is 0 Å². The first-order chi connectivity index (χ1) is 9.43. The van der Waals surface area contributed by atoms with E-state index < -0.39 is 22.4 Å². The molecule has 0 saturated carbocycles. The van der Waals surface area contributed by atoms with Crippen molar-refractivity contribution in [2.75, 3.05) is 0 Å². The lowest BCUT2D eigenvalue weighted by Gasteiger charge is -2.32. The van der Waals surface area contributed by atoms with Crippen molar-refractivity contribution < 1.29 is 19.4 Å². The Morgan fingerprint density at radius 3 is 1.75 bits per heavy atom. The van der Waals surface area contributed by atoms with Gasteiger partial charge >= 0.3 is 5.97 Å². The van der Waals surface area contributed by atoms with Crippen LogP contribution in [0.5, 0.6) is 0 Å². The van der Waals surface area contributed by atoms with Crippen LogP contribution in [0.4, 0.5) is 0 Å². The number of aliphatic carboxylic acids is 1. The molecule has 4 nitrogen and oxygen atoms in total. The van der Waals surface area contributed by atoms with Gasteiger partial charge in [0.2, 0.25) is 0 Å². The fourth-order valence-electron chi connectivity index (χ4n) is 1.80. The molecule has 0 radical (unpaired) electrons. The summed E-state index contributed by atoms with van der Waals surface area (Å²) in [5.74, 6) is -1.28. The summed E-state index contributed by atoms with van der Waals surface area (Å²) in [6.07, 6.45) is 12.8. The summed E-state index contributed by atoms with van der Waals surface area (Å²) in [7, 11) is 0. The molecular weight excluding hydrogens is 303 g/mol. The summed E-state index contributed by atoms with van der Waals surface area (Å²) in [6, 6.07) is 0. The van der Waals surface area contributed by atoms with Crippen molar-refractivity contribution in [3.63, 3.8) is 0 Å². The number of rotatable bonds is 5. The van der Waals surface area contributed by atoms with E-state index in [0.717, 1.165) is 0 Å². The Labute approximate surface area is 127 Å². The topological polar surface area (TPSA) is 55.8 Å². The molecule has 1 N–H and O–H groups in total. The molecule has 108 valence electrons. The monoisotopic (exact) mass is 316 g/mol. The molecule has 2 rings (SSSR count). The molecular formula is C14H14Cl2O4. The fraction of sp³-hybridized carbons (Fsp3) is 0.357. The second kappa shape index (κ2) is 6.14. The highest BCUT2D eigenvalue weighted by Gasteiger charge is 2.38. The van der Waals surface area contributed by atoms with Gasteiger partial charge in [-0.1, -0.05) is 59.7 Å². The summed E-state index contributed by atoms with van der Waals surface area (Å²) >= 11 is 12.4. The lowest BCUT2D eigenvalue weighted by atomic mass is 10.1. The molecule has 0 amide bonds. The van der Waals surface area contributed by atoms with Crippen molar-refractivity contribution in [2.45, 2.75) is 29.3 Å². The van der Waals surface area contributed by atoms with Crippen molar-refractivity contribution in [1.82, 2.24) is 0 Å². The minimum Gasteiger partial charge on any atom is -0.477 e. The van der Waals surface area contributed by atoms with Crippen molar-refractivity contribution in [3.8, 4) is 0 Å². The van der Waals surface area contributed by atoms with E-state index in [1.807, 2.05) is 0 Å². The average molecular weight is 317 g/mol. The molecule has 0 aliphatic heterocycles. The molecule has 0 fully saturated rings. The number of ether oxygens (including phenoxy) is 2. The number of carboxylic acids is 1. The van der Waals surface area contributed by atoms with Crippen LogP contribution in [0.2, 0.25) is 0 Å². The fourth-order valence-corrected chi connectivity index (χ4v) is 2.29. The molecule has 20 heavy (non-hydrogen) atoms. The molecule has 2 unspecified atom stereocenters. The minimum absolute atomic E-state index is 0.350. The Balaban J connectivity index is 2.06. The van der Waals surface area contributed by atoms with Crippen LogP contribution in [0.3, 0.4) is 0 Å². The Morgan fingerprint density at radius 2 is 1.45 bits per heavy atom. The quantitative estimate of drug-likeness (QED) is 0.624. The van der Waals surface area contributed by atoms with Crippen LogP contribution in [-0.4, -0.2) is 27.5 Å². The smallest absolute Gasteiger partial charge is 0.361 e. The number of alkyl halides is 2. The number of hydrogen-bond acceptors (Lipinski definition) is 3. The second-order valence-electron chi connectivity index (χ2n) is 4.46. The predicted octanol–water partition coefficient (Wildman–Crippen LogP) is 3.33. The molecule has 0 spiro atoms. The van der Waals surface area contributed by atoms with Gasteiger partial charge < -0.3 is 14.6 Å². The van der Waals surface area contributed by atoms with E-state index in [1.54, 1.807) is 48.6 Å². The van der Waals surface area contributed by atoms with Crippen molar-refractivity contribution in [2.24, 2.45) is 0 Å². The first kappa shape index (κ1) is 15.3. The Bertz CT molecular complexity index is 459. The molecule has 0 saturated heterocycles. The molecule has 6 heteroatoms. The minimum atomic E-state index is -1.56. The molecule has 2 aliphatic rings. The van der Waals surface area contributed by atoms with Gasteiger partial charge in [-0.05, 0) is 12.2 Å². The van der Waals surface area contributed by atoms with Crippen molar-refractivity contribution >= 4 is 29.2 Å². The summed E-state index contributed by atoms with van der Waals surface area (Å²) in [6.45, 7) is 0. The molecule has 2 aliphatic carbocycles. The highest BCUT2D eigenvalue weighted by atomic mass is 35.5. The van der Waals surface area contributed by atoms with Gasteiger partial charge in [0.25, 0.3) is 6.29 Å². The van der Waals surface area contributed by atoms with Gasteiger partial charge in [0.15, 0.2) is 10.1 Å². The normalized spacial score (nSPS) is 33.3. The zero-order chi connectivity index (χ0) is 14.6. The maximum Gasteiger partial charge on any atom is 0.361 e. The van der Waals surface area contributed by atoms with Gasteiger partial charge in [-0.15, -0.1) is 0 Å². The Hall–Kier alpha value is -1.07. The van der Waals surface area contributed by atoms with Crippen LogP contribution in [0.1, 0.15) is 12.8 Å². The van der Waals surface area contributed by atoms with Crippen LogP contribution < -0.4 is 0 Å². The lowest BCUT2D eigenvalue weighted by molar-refractivity contribution is -0.215. The molecule has 0 bridgehead atoms. The van der Waals surface area contributed by atoms with Gasteiger partial charge in [0, 0.05) is 12.8 Å². The highest BCUT2D eigenvalue weighted by molar-refractivity contribution is 6.25. The summed E-state index contributed by atoms with van der Waals surface area (Å²) in [5, 5.41) is 6.74. The SMILES string of the molecule is O=C(O)C(OC1(Cl)C=CC=CC1)OC1(Cl)C=CC=CC1. The third kappa shape index (κ3) is 3.96. The summed E-state index contributed by atoms with van der Waals surface area (Å²) in [5.41, 5.74) is 0. The van der Waals surface area contributed by atoms with Gasteiger partial charge in [-0.2, -0.15) is 0 Å². The largest absolute Gasteiger partial charge is 0.477 e. The standard InChI is InChI=1S/C14H14Cl2O4/c15-13(7-3-1-4-8-13)19-12(11(17)18)20-14(16)9-5-2-6-10-14/h1-7,9,12H,8,10H2,(H,17,18). The molecule has 0 aromatic heterocycles. The first-order valence-corrected chi connectivity index (χ1v) is 6.83. The van der Waals surface area contributed by atoms with E-state index in [-0.39, 0.29) is 0 Å². The van der Waals surface area contributed by atoms with Crippen LogP contribution in [0.25, 0.3) is 0 Å². The number of carboxylic acid groups (broad SMARTS) is 1. The van der Waals surface area contributed by atoms with E-state index >= 15 is 0 Å². The zero-order valence-corrected chi connectivity index (χ0v) is 12.1. The predicted molar refractivity (Wildman–Crippen MR) is 76.6 cm³/mol. The number of allylic oxidation sites excluding steroid dienone is 4. The first-order valence-electron chi connectivity index (χ1n) is 6.07. The average Bonchev–Trinajstić information content (AvgIpc) is 2.39. The Morgan fingerprint density at radius 1 is 1.00 bits per heavy atom. The van der Waals surface area contributed by atoms with Crippen LogP contribution in [0, 0.1) is 0 Å². The summed E-state index contributed by atoms with van der Waals surface area (Å²) in [4.78, 5) is 11.3. The summed E-state index contributed by atoms with van der Waals surface area (Å²) < 4.78 is 10.7. The van der Waals surface area contributed by atoms with E-state index in [2.05, 4.69) is 0 Å². The lowest BCUT2D eigenvalue weighted by Crippen LogP contribution is -2.41. The molecule has 0 aromatic carbocycles. The van der Waals surface area contributed by atoms with Crippen LogP contribution in [-0.2, 0) is 14.3 Å². The molecule has 2 atom stereocenters. The number of hydrogen-bond donors (Lipinski definition) is 1. The van der Waals surface area contributed by atoms with Crippen LogP contribution in [0.15, 0.2) is 48.6 Å². The van der Waals surface area contributed by atoms with Crippen molar-refractivity contribution in [1.29, 1.82) is 0 Å². The van der Waals surface area contributed by atoms with Gasteiger partial charge in [-0.25, -0.2) is 4.79 Å². The van der Waals surface area contributed by atoms with Gasteiger partial charge in [-0.3, -0.25) is 0 Å². The van der Waals surface area contributed by atoms with E-state index in [4.69, 9.17) is 32.7 Å². The zero-order valence-electron chi connectivity index (χ0n) is 10.5. The number of halogens is 2. The molecule has 0 aromatic rings. The maximum atomic E-state index is 11.3.